The van der Waals surface area contributed by atoms with Gasteiger partial charge in [0.15, 0.2) is 0 Å². The second kappa shape index (κ2) is 7.58. The Kier molecular flexibility index (Phi) is 6.74. The highest BCUT2D eigenvalue weighted by Gasteiger charge is 2.26. The molecular weight excluding hydrogens is 242 g/mol. The Bertz CT molecular complexity index is 258. The predicted molar refractivity (Wildman–Crippen MR) is 77.1 cm³/mol. The van der Waals surface area contributed by atoms with Gasteiger partial charge < -0.3 is 20.3 Å². The third kappa shape index (κ3) is 6.21. The van der Waals surface area contributed by atoms with Crippen molar-refractivity contribution in [2.75, 3.05) is 19.8 Å². The van der Waals surface area contributed by atoms with Gasteiger partial charge >= 0.3 is 0 Å². The lowest BCUT2D eigenvalue weighted by Gasteiger charge is -2.33. The molecule has 1 saturated carbocycles. The van der Waals surface area contributed by atoms with Gasteiger partial charge in [0.25, 0.3) is 0 Å². The van der Waals surface area contributed by atoms with Crippen LogP contribution in [0.1, 0.15) is 47.0 Å². The van der Waals surface area contributed by atoms with Gasteiger partial charge in [-0.15, -0.1) is 0 Å². The van der Waals surface area contributed by atoms with Crippen LogP contribution in [0.3, 0.4) is 0 Å². The van der Waals surface area contributed by atoms with E-state index in [0.29, 0.717) is 19.1 Å². The number of rotatable bonds is 7. The van der Waals surface area contributed by atoms with Crippen LogP contribution >= 0.6 is 0 Å². The first kappa shape index (κ1) is 16.9. The van der Waals surface area contributed by atoms with Crippen LogP contribution in [0.2, 0.25) is 0 Å². The second-order valence-electron chi connectivity index (χ2n) is 6.84. The molecule has 4 nitrogen and oxygen atoms in total. The molecule has 0 aliphatic heterocycles. The maximum absolute atomic E-state index is 9.91. The Balaban J connectivity index is 2.21. The number of hydrogen-bond donors (Lipinski definition) is 3. The van der Waals surface area contributed by atoms with Crippen LogP contribution < -0.4 is 5.32 Å². The maximum Gasteiger partial charge on any atom is 0.0898 e. The molecule has 0 aromatic heterocycles. The van der Waals surface area contributed by atoms with Crippen molar-refractivity contribution >= 4 is 0 Å². The van der Waals surface area contributed by atoms with Crippen molar-refractivity contribution < 1.29 is 14.9 Å². The minimum Gasteiger partial charge on any atom is -0.394 e. The first-order valence-corrected chi connectivity index (χ1v) is 7.49. The van der Waals surface area contributed by atoms with E-state index in [2.05, 4.69) is 19.2 Å². The molecule has 1 rings (SSSR count). The van der Waals surface area contributed by atoms with Crippen molar-refractivity contribution in [3.8, 4) is 0 Å². The summed E-state index contributed by atoms with van der Waals surface area (Å²) in [5.74, 6) is 1.38. The van der Waals surface area contributed by atoms with Crippen LogP contribution in [0, 0.1) is 11.8 Å². The Morgan fingerprint density at radius 2 is 2.00 bits per heavy atom. The molecule has 0 aromatic rings. The van der Waals surface area contributed by atoms with E-state index < -0.39 is 6.10 Å². The molecule has 0 bridgehead atoms. The van der Waals surface area contributed by atoms with Crippen LogP contribution in [-0.2, 0) is 4.74 Å². The Labute approximate surface area is 117 Å². The first-order chi connectivity index (χ1) is 8.84. The fraction of sp³-hybridized carbons (Fsp3) is 1.00. The summed E-state index contributed by atoms with van der Waals surface area (Å²) in [4.78, 5) is 0. The zero-order valence-corrected chi connectivity index (χ0v) is 12.9. The number of hydrogen-bond acceptors (Lipinski definition) is 4. The fourth-order valence-electron chi connectivity index (χ4n) is 2.63. The average Bonchev–Trinajstić information content (AvgIpc) is 2.35. The molecule has 114 valence electrons. The van der Waals surface area contributed by atoms with Gasteiger partial charge in [-0.2, -0.15) is 0 Å². The molecule has 0 spiro atoms. The van der Waals surface area contributed by atoms with Crippen molar-refractivity contribution in [2.45, 2.75) is 64.7 Å². The summed E-state index contributed by atoms with van der Waals surface area (Å²) in [5, 5.41) is 22.2. The molecule has 1 fully saturated rings. The lowest BCUT2D eigenvalue weighted by Crippen LogP contribution is -2.47. The molecule has 0 heterocycles. The quantitative estimate of drug-likeness (QED) is 0.658. The second-order valence-corrected chi connectivity index (χ2v) is 6.84. The molecule has 3 N–H and O–H groups in total. The van der Waals surface area contributed by atoms with Gasteiger partial charge in [-0.1, -0.05) is 13.8 Å². The number of aliphatic hydroxyl groups excluding tert-OH is 2. The largest absolute Gasteiger partial charge is 0.394 e. The smallest absolute Gasteiger partial charge is 0.0898 e. The molecule has 0 aromatic carbocycles. The van der Waals surface area contributed by atoms with E-state index in [4.69, 9.17) is 9.84 Å². The molecule has 4 heteroatoms. The highest BCUT2D eigenvalue weighted by molar-refractivity contribution is 4.79. The minimum absolute atomic E-state index is 0.0537. The SMILES string of the molecule is CC1CCC(OC[C@@H](O)CNC(C)(C)CO)C(C)C1. The number of nitrogens with one attached hydrogen (secondary N) is 1. The predicted octanol–water partition coefficient (Wildman–Crippen LogP) is 1.55. The number of β-amino-alcohol motifs (C(OH)–C–C–N with tert-alkyl or cyclic N) is 1. The van der Waals surface area contributed by atoms with Crippen LogP contribution in [-0.4, -0.2) is 47.7 Å². The van der Waals surface area contributed by atoms with Crippen molar-refractivity contribution in [1.29, 1.82) is 0 Å². The van der Waals surface area contributed by atoms with Gasteiger partial charge in [-0.3, -0.25) is 0 Å². The van der Waals surface area contributed by atoms with E-state index in [0.717, 1.165) is 12.3 Å². The summed E-state index contributed by atoms with van der Waals surface area (Å²) in [6, 6.07) is 0. The summed E-state index contributed by atoms with van der Waals surface area (Å²) in [6.45, 7) is 9.22. The monoisotopic (exact) mass is 273 g/mol. The molecule has 0 amide bonds. The van der Waals surface area contributed by atoms with E-state index >= 15 is 0 Å². The molecule has 1 aliphatic carbocycles. The zero-order valence-electron chi connectivity index (χ0n) is 12.9. The van der Waals surface area contributed by atoms with Crippen molar-refractivity contribution in [1.82, 2.24) is 5.32 Å². The van der Waals surface area contributed by atoms with Crippen LogP contribution in [0.4, 0.5) is 0 Å². The number of aliphatic hydroxyl groups is 2. The van der Waals surface area contributed by atoms with Crippen molar-refractivity contribution in [3.05, 3.63) is 0 Å². The summed E-state index contributed by atoms with van der Waals surface area (Å²) < 4.78 is 5.85. The summed E-state index contributed by atoms with van der Waals surface area (Å²) in [5.41, 5.74) is -0.353. The van der Waals surface area contributed by atoms with Gasteiger partial charge in [-0.05, 0) is 44.9 Å². The highest BCUT2D eigenvalue weighted by Crippen LogP contribution is 2.30. The topological polar surface area (TPSA) is 61.7 Å². The Morgan fingerprint density at radius 3 is 2.58 bits per heavy atom. The van der Waals surface area contributed by atoms with E-state index in [1.807, 2.05) is 13.8 Å². The molecule has 0 saturated heterocycles. The van der Waals surface area contributed by atoms with E-state index in [-0.39, 0.29) is 18.2 Å². The lowest BCUT2D eigenvalue weighted by atomic mass is 9.81. The van der Waals surface area contributed by atoms with Gasteiger partial charge in [-0.25, -0.2) is 0 Å². The standard InChI is InChI=1S/C15H31NO3/c1-11-5-6-14(12(2)7-11)19-9-13(18)8-16-15(3,4)10-17/h11-14,16-18H,5-10H2,1-4H3/t11?,12?,13-,14?/m0/s1. The Morgan fingerprint density at radius 1 is 1.32 bits per heavy atom. The van der Waals surface area contributed by atoms with Gasteiger partial charge in [0.2, 0.25) is 0 Å². The van der Waals surface area contributed by atoms with Gasteiger partial charge in [0, 0.05) is 12.1 Å². The molecule has 19 heavy (non-hydrogen) atoms. The van der Waals surface area contributed by atoms with Crippen LogP contribution in [0.15, 0.2) is 0 Å². The molecular formula is C15H31NO3. The van der Waals surface area contributed by atoms with E-state index in [1.54, 1.807) is 0 Å². The minimum atomic E-state index is -0.516. The third-order valence-corrected chi connectivity index (χ3v) is 4.07. The van der Waals surface area contributed by atoms with Crippen molar-refractivity contribution in [3.63, 3.8) is 0 Å². The van der Waals surface area contributed by atoms with E-state index in [1.165, 1.54) is 12.8 Å². The molecule has 0 radical (unpaired) electrons. The van der Waals surface area contributed by atoms with Gasteiger partial charge in [0.05, 0.1) is 25.4 Å². The highest BCUT2D eigenvalue weighted by atomic mass is 16.5. The Hall–Kier alpha value is -0.160. The summed E-state index contributed by atoms with van der Waals surface area (Å²) in [6.07, 6.45) is 3.32. The van der Waals surface area contributed by atoms with Crippen LogP contribution in [0.25, 0.3) is 0 Å². The first-order valence-electron chi connectivity index (χ1n) is 7.49. The van der Waals surface area contributed by atoms with Crippen LogP contribution in [0.5, 0.6) is 0 Å². The molecule has 1 aliphatic rings. The van der Waals surface area contributed by atoms with Gasteiger partial charge in [0.1, 0.15) is 0 Å². The summed E-state index contributed by atoms with van der Waals surface area (Å²) in [7, 11) is 0. The third-order valence-electron chi connectivity index (χ3n) is 4.07. The maximum atomic E-state index is 9.91. The summed E-state index contributed by atoms with van der Waals surface area (Å²) >= 11 is 0. The van der Waals surface area contributed by atoms with Crippen molar-refractivity contribution in [2.24, 2.45) is 11.8 Å². The molecule has 3 unspecified atom stereocenters. The normalized spacial score (nSPS) is 30.3. The number of ether oxygens (including phenoxy) is 1. The average molecular weight is 273 g/mol. The fourth-order valence-corrected chi connectivity index (χ4v) is 2.63. The lowest BCUT2D eigenvalue weighted by molar-refractivity contribution is -0.0530. The van der Waals surface area contributed by atoms with E-state index in [9.17, 15) is 5.11 Å². The zero-order chi connectivity index (χ0) is 14.5. The molecule has 4 atom stereocenters.